The molecular weight excluding hydrogens is 293 g/mol. The molecule has 1 aliphatic carbocycles. The highest BCUT2D eigenvalue weighted by atomic mass is 19.1. The van der Waals surface area contributed by atoms with Crippen molar-refractivity contribution < 1.29 is 9.18 Å². The van der Waals surface area contributed by atoms with E-state index in [1.54, 1.807) is 12.4 Å². The highest BCUT2D eigenvalue weighted by molar-refractivity contribution is 6.20. The molecule has 23 heavy (non-hydrogen) atoms. The Morgan fingerprint density at radius 1 is 1.35 bits per heavy atom. The van der Waals surface area contributed by atoms with Gasteiger partial charge in [0.05, 0.1) is 23.1 Å². The number of aryl methyl sites for hydroxylation is 2. The van der Waals surface area contributed by atoms with Gasteiger partial charge >= 0.3 is 0 Å². The van der Waals surface area contributed by atoms with Crippen LogP contribution in [0.1, 0.15) is 33.9 Å². The highest BCUT2D eigenvalue weighted by Gasteiger charge is 2.28. The van der Waals surface area contributed by atoms with E-state index in [4.69, 9.17) is 0 Å². The Kier molecular flexibility index (Phi) is 2.98. The summed E-state index contributed by atoms with van der Waals surface area (Å²) in [7, 11) is 1.89. The standard InChI is InChI=1S/C18H16FN3O/c1-10-14(21-9-20-10)7-11-3-6-15-17(18(11)23)13-5-4-12(19)8-16(13)22(15)2/h4-5,7-9H,3,6H2,1-2H3,(H,20,21)/b11-7+. The number of aromatic nitrogens is 3. The summed E-state index contributed by atoms with van der Waals surface area (Å²) in [5.41, 5.74) is 4.93. The van der Waals surface area contributed by atoms with Crippen LogP contribution in [-0.4, -0.2) is 20.3 Å². The normalized spacial score (nSPS) is 16.3. The molecule has 1 N–H and O–H groups in total. The van der Waals surface area contributed by atoms with Crippen molar-refractivity contribution in [3.63, 3.8) is 0 Å². The summed E-state index contributed by atoms with van der Waals surface area (Å²) in [6, 6.07) is 4.60. The minimum absolute atomic E-state index is 0.0193. The number of halogens is 1. The predicted octanol–water partition coefficient (Wildman–Crippen LogP) is 3.56. The van der Waals surface area contributed by atoms with Gasteiger partial charge in [-0.2, -0.15) is 0 Å². The van der Waals surface area contributed by atoms with E-state index >= 15 is 0 Å². The van der Waals surface area contributed by atoms with E-state index in [0.29, 0.717) is 12.0 Å². The SMILES string of the molecule is Cc1[nH]cnc1/C=C1\CCc2c(c3ccc(F)cc3n2C)C1=O. The van der Waals surface area contributed by atoms with Crippen molar-refractivity contribution >= 4 is 22.8 Å². The maximum Gasteiger partial charge on any atom is 0.191 e. The first-order chi connectivity index (χ1) is 11.1. The molecule has 3 aromatic rings. The van der Waals surface area contributed by atoms with Crippen molar-refractivity contribution in [1.29, 1.82) is 0 Å². The number of aromatic amines is 1. The van der Waals surface area contributed by atoms with Crippen molar-refractivity contribution in [2.75, 3.05) is 0 Å². The van der Waals surface area contributed by atoms with Gasteiger partial charge in [-0.1, -0.05) is 0 Å². The number of fused-ring (bicyclic) bond motifs is 3. The lowest BCUT2D eigenvalue weighted by atomic mass is 9.89. The van der Waals surface area contributed by atoms with Gasteiger partial charge in [-0.05, 0) is 44.0 Å². The Bertz CT molecular complexity index is 978. The van der Waals surface area contributed by atoms with E-state index in [9.17, 15) is 9.18 Å². The number of allylic oxidation sites excluding steroid dienone is 1. The third-order valence-corrected chi connectivity index (χ3v) is 4.61. The monoisotopic (exact) mass is 309 g/mol. The summed E-state index contributed by atoms with van der Waals surface area (Å²) in [5, 5.41) is 0.818. The van der Waals surface area contributed by atoms with Crippen LogP contribution in [0.4, 0.5) is 4.39 Å². The highest BCUT2D eigenvalue weighted by Crippen LogP contribution is 2.34. The molecular formula is C18H16FN3O. The molecule has 0 saturated carbocycles. The second-order valence-corrected chi connectivity index (χ2v) is 5.95. The Labute approximate surface area is 132 Å². The molecule has 1 aliphatic rings. The number of benzene rings is 1. The van der Waals surface area contributed by atoms with Gasteiger partial charge in [-0.3, -0.25) is 4.79 Å². The van der Waals surface area contributed by atoms with Crippen LogP contribution in [0.15, 0.2) is 30.1 Å². The van der Waals surface area contributed by atoms with Crippen molar-refractivity contribution in [2.45, 2.75) is 19.8 Å². The van der Waals surface area contributed by atoms with Crippen LogP contribution in [0, 0.1) is 12.7 Å². The summed E-state index contributed by atoms with van der Waals surface area (Å²) < 4.78 is 15.5. The number of hydrogen-bond donors (Lipinski definition) is 1. The third-order valence-electron chi connectivity index (χ3n) is 4.61. The van der Waals surface area contributed by atoms with Crippen LogP contribution in [-0.2, 0) is 13.5 Å². The van der Waals surface area contributed by atoms with Crippen LogP contribution < -0.4 is 0 Å². The van der Waals surface area contributed by atoms with E-state index in [0.717, 1.165) is 40.0 Å². The van der Waals surface area contributed by atoms with Crippen LogP contribution in [0.25, 0.3) is 17.0 Å². The third kappa shape index (κ3) is 2.04. The van der Waals surface area contributed by atoms with Gasteiger partial charge < -0.3 is 9.55 Å². The Morgan fingerprint density at radius 3 is 2.91 bits per heavy atom. The van der Waals surface area contributed by atoms with Gasteiger partial charge in [-0.15, -0.1) is 0 Å². The molecule has 0 bridgehead atoms. The van der Waals surface area contributed by atoms with Gasteiger partial charge in [0.1, 0.15) is 5.82 Å². The fourth-order valence-electron chi connectivity index (χ4n) is 3.35. The number of nitrogens with one attached hydrogen (secondary N) is 1. The number of carbonyl (C=O) groups excluding carboxylic acids is 1. The largest absolute Gasteiger partial charge is 0.348 e. The van der Waals surface area contributed by atoms with Crippen molar-refractivity contribution in [2.24, 2.45) is 7.05 Å². The first-order valence-corrected chi connectivity index (χ1v) is 7.58. The van der Waals surface area contributed by atoms with Gasteiger partial charge in [-0.25, -0.2) is 9.37 Å². The lowest BCUT2D eigenvalue weighted by Gasteiger charge is -2.15. The molecule has 0 unspecified atom stereocenters. The van der Waals surface area contributed by atoms with Crippen LogP contribution in [0.2, 0.25) is 0 Å². The van der Waals surface area contributed by atoms with Gasteiger partial charge in [0.25, 0.3) is 0 Å². The molecule has 0 spiro atoms. The number of ketones is 1. The number of Topliss-reactive ketones (excluding diaryl/α,β-unsaturated/α-hetero) is 1. The fourth-order valence-corrected chi connectivity index (χ4v) is 3.35. The van der Waals surface area contributed by atoms with E-state index in [-0.39, 0.29) is 11.6 Å². The molecule has 1 aromatic carbocycles. The number of hydrogen-bond acceptors (Lipinski definition) is 2. The molecule has 5 heteroatoms. The first-order valence-electron chi connectivity index (χ1n) is 7.58. The average Bonchev–Trinajstić information content (AvgIpc) is 3.05. The maximum absolute atomic E-state index is 13.5. The Balaban J connectivity index is 1.89. The lowest BCUT2D eigenvalue weighted by molar-refractivity contribution is 0.102. The van der Waals surface area contributed by atoms with Gasteiger partial charge in [0.15, 0.2) is 5.78 Å². The summed E-state index contributed by atoms with van der Waals surface area (Å²) >= 11 is 0. The van der Waals surface area contributed by atoms with Crippen LogP contribution in [0.3, 0.4) is 0 Å². The molecule has 2 heterocycles. The average molecular weight is 309 g/mol. The van der Waals surface area contributed by atoms with Crippen LogP contribution in [0.5, 0.6) is 0 Å². The number of nitrogens with zero attached hydrogens (tertiary/aromatic N) is 2. The smallest absolute Gasteiger partial charge is 0.191 e. The van der Waals surface area contributed by atoms with E-state index in [1.807, 2.05) is 24.6 Å². The zero-order chi connectivity index (χ0) is 16.1. The molecule has 4 rings (SSSR count). The van der Waals surface area contributed by atoms with E-state index in [1.165, 1.54) is 12.1 Å². The zero-order valence-corrected chi connectivity index (χ0v) is 13.0. The van der Waals surface area contributed by atoms with Crippen molar-refractivity contribution in [3.05, 3.63) is 58.6 Å². The van der Waals surface area contributed by atoms with Crippen molar-refractivity contribution in [1.82, 2.24) is 14.5 Å². The first kappa shape index (κ1) is 13.9. The second-order valence-electron chi connectivity index (χ2n) is 5.95. The predicted molar refractivity (Wildman–Crippen MR) is 86.8 cm³/mol. The van der Waals surface area contributed by atoms with Gasteiger partial charge in [0.2, 0.25) is 0 Å². The summed E-state index contributed by atoms with van der Waals surface area (Å²) in [4.78, 5) is 20.2. The molecule has 0 radical (unpaired) electrons. The molecule has 0 aliphatic heterocycles. The Morgan fingerprint density at radius 2 is 2.17 bits per heavy atom. The molecule has 2 aromatic heterocycles. The van der Waals surface area contributed by atoms with Gasteiger partial charge in [0, 0.05) is 29.4 Å². The van der Waals surface area contributed by atoms with E-state index in [2.05, 4.69) is 9.97 Å². The lowest BCUT2D eigenvalue weighted by Crippen LogP contribution is -2.15. The molecule has 0 amide bonds. The minimum Gasteiger partial charge on any atom is -0.348 e. The quantitative estimate of drug-likeness (QED) is 0.699. The number of imidazole rings is 1. The Hall–Kier alpha value is -2.69. The maximum atomic E-state index is 13.5. The summed E-state index contributed by atoms with van der Waals surface area (Å²) in [6.07, 6.45) is 4.93. The minimum atomic E-state index is -0.286. The molecule has 116 valence electrons. The molecule has 0 atom stereocenters. The van der Waals surface area contributed by atoms with Crippen molar-refractivity contribution in [3.8, 4) is 0 Å². The number of carbonyl (C=O) groups is 1. The zero-order valence-electron chi connectivity index (χ0n) is 13.0. The molecule has 4 nitrogen and oxygen atoms in total. The van der Waals surface area contributed by atoms with E-state index < -0.39 is 0 Å². The molecule has 0 saturated heterocycles. The summed E-state index contributed by atoms with van der Waals surface area (Å²) in [6.45, 7) is 1.93. The second kappa shape index (κ2) is 4.91. The number of rotatable bonds is 1. The molecule has 0 fully saturated rings. The topological polar surface area (TPSA) is 50.7 Å². The summed E-state index contributed by atoms with van der Waals surface area (Å²) in [5.74, 6) is -0.267. The number of H-pyrrole nitrogens is 1. The van der Waals surface area contributed by atoms with Crippen LogP contribution >= 0.6 is 0 Å². The fraction of sp³-hybridized carbons (Fsp3) is 0.222.